The second-order valence-electron chi connectivity index (χ2n) is 6.18. The van der Waals surface area contributed by atoms with Crippen LogP contribution in [0.5, 0.6) is 0 Å². The van der Waals surface area contributed by atoms with Crippen molar-refractivity contribution in [3.05, 3.63) is 39.9 Å². The van der Waals surface area contributed by atoms with Crippen LogP contribution in [-0.4, -0.2) is 49.9 Å². The Morgan fingerprint density at radius 2 is 2.00 bits per heavy atom. The molecule has 1 amide bonds. The number of rotatable bonds is 7. The van der Waals surface area contributed by atoms with E-state index in [1.807, 2.05) is 0 Å². The van der Waals surface area contributed by atoms with Crippen molar-refractivity contribution in [2.45, 2.75) is 44.1 Å². The fourth-order valence-corrected chi connectivity index (χ4v) is 3.95. The van der Waals surface area contributed by atoms with Crippen LogP contribution in [0, 0.1) is 10.1 Å². The topological polar surface area (TPSA) is 127 Å². The van der Waals surface area contributed by atoms with Gasteiger partial charge in [-0.3, -0.25) is 19.7 Å². The molecule has 1 saturated heterocycles. The lowest BCUT2D eigenvalue weighted by Gasteiger charge is -2.23. The number of nitro groups is 1. The van der Waals surface area contributed by atoms with Gasteiger partial charge in [-0.25, -0.2) is 4.79 Å². The van der Waals surface area contributed by atoms with Gasteiger partial charge in [0.05, 0.1) is 4.92 Å². The highest BCUT2D eigenvalue weighted by Gasteiger charge is 2.37. The predicted octanol–water partition coefficient (Wildman–Crippen LogP) is 2.82. The zero-order chi connectivity index (χ0) is 20.0. The number of thioether (sulfide) groups is 1. The van der Waals surface area contributed by atoms with Crippen LogP contribution in [0.15, 0.2) is 24.3 Å². The van der Waals surface area contributed by atoms with Crippen molar-refractivity contribution in [3.63, 3.8) is 0 Å². The number of amides is 1. The van der Waals surface area contributed by atoms with Gasteiger partial charge in [0.2, 0.25) is 0 Å². The van der Waals surface area contributed by atoms with Crippen molar-refractivity contribution in [2.75, 3.05) is 6.54 Å². The van der Waals surface area contributed by atoms with Gasteiger partial charge in [-0.1, -0.05) is 11.8 Å². The van der Waals surface area contributed by atoms with Crippen LogP contribution < -0.4 is 0 Å². The monoisotopic (exact) mass is 396 g/mol. The van der Waals surface area contributed by atoms with Crippen LogP contribution in [0.3, 0.4) is 0 Å². The Labute approximate surface area is 159 Å². The largest absolute Gasteiger partial charge is 0.481 e. The maximum absolute atomic E-state index is 12.4. The summed E-state index contributed by atoms with van der Waals surface area (Å²) in [5.74, 6) is -0.947. The van der Waals surface area contributed by atoms with Crippen molar-refractivity contribution < 1.29 is 29.2 Å². The van der Waals surface area contributed by atoms with Gasteiger partial charge in [-0.15, -0.1) is 0 Å². The first kappa shape index (κ1) is 20.7. The van der Waals surface area contributed by atoms with Crippen molar-refractivity contribution in [2.24, 2.45) is 0 Å². The minimum atomic E-state index is -0.947. The van der Waals surface area contributed by atoms with Crippen molar-refractivity contribution in [1.29, 1.82) is 0 Å². The first-order valence-corrected chi connectivity index (χ1v) is 9.20. The second kappa shape index (κ2) is 9.36. The van der Waals surface area contributed by atoms with E-state index < -0.39 is 17.0 Å². The summed E-state index contributed by atoms with van der Waals surface area (Å²) in [6.07, 6.45) is 0.158. The van der Waals surface area contributed by atoms with E-state index >= 15 is 0 Å². The lowest BCUT2D eigenvalue weighted by molar-refractivity contribution is -0.384. The van der Waals surface area contributed by atoms with Crippen LogP contribution in [0.25, 0.3) is 0 Å². The molecule has 0 saturated carbocycles. The molecule has 2 rings (SSSR count). The summed E-state index contributed by atoms with van der Waals surface area (Å²) in [5.41, 5.74) is 0.548. The summed E-state index contributed by atoms with van der Waals surface area (Å²) >= 11 is 1.14. The fourth-order valence-electron chi connectivity index (χ4n) is 2.92. The summed E-state index contributed by atoms with van der Waals surface area (Å²) in [5, 5.41) is 19.4. The van der Waals surface area contributed by atoms with Crippen LogP contribution in [0.4, 0.5) is 10.5 Å². The number of ether oxygens (including phenoxy) is 1. The van der Waals surface area contributed by atoms with Gasteiger partial charge in [0.15, 0.2) is 5.12 Å². The van der Waals surface area contributed by atoms with E-state index in [-0.39, 0.29) is 41.5 Å². The number of non-ortho nitro benzene ring substituents is 1. The fraction of sp³-hybridized carbons (Fsp3) is 0.471. The Morgan fingerprint density at radius 3 is 2.56 bits per heavy atom. The molecule has 0 aliphatic carbocycles. The van der Waals surface area contributed by atoms with E-state index in [2.05, 4.69) is 0 Å². The van der Waals surface area contributed by atoms with Crippen LogP contribution >= 0.6 is 11.8 Å². The molecule has 1 heterocycles. The average molecular weight is 396 g/mol. The molecule has 27 heavy (non-hydrogen) atoms. The lowest BCUT2D eigenvalue weighted by Crippen LogP contribution is -2.36. The molecule has 1 fully saturated rings. The summed E-state index contributed by atoms with van der Waals surface area (Å²) < 4.78 is 5.28. The highest BCUT2D eigenvalue weighted by molar-refractivity contribution is 8.14. The molecule has 146 valence electrons. The van der Waals surface area contributed by atoms with Crippen molar-refractivity contribution in [3.8, 4) is 0 Å². The maximum Gasteiger partial charge on any atom is 0.410 e. The van der Waals surface area contributed by atoms with Crippen LogP contribution in [0.2, 0.25) is 0 Å². The number of hydrogen-bond donors (Lipinski definition) is 1. The summed E-state index contributed by atoms with van der Waals surface area (Å²) in [7, 11) is 0. The SMILES string of the molecule is CC(=O)S[C@H]1C[C@@H](CCC(=O)O)N(C(=O)OCc2ccc([N+](=O)[O-])cc2)C1. The molecule has 1 N–H and O–H groups in total. The van der Waals surface area contributed by atoms with Gasteiger partial charge in [0.1, 0.15) is 6.61 Å². The minimum absolute atomic E-state index is 0.0521. The van der Waals surface area contributed by atoms with E-state index in [4.69, 9.17) is 9.84 Å². The van der Waals surface area contributed by atoms with Gasteiger partial charge in [0, 0.05) is 43.3 Å². The van der Waals surface area contributed by atoms with E-state index in [9.17, 15) is 24.5 Å². The van der Waals surface area contributed by atoms with Gasteiger partial charge in [-0.2, -0.15) is 0 Å². The molecular formula is C17H20N2O7S. The Kier molecular flexibility index (Phi) is 7.17. The molecule has 0 aromatic heterocycles. The zero-order valence-electron chi connectivity index (χ0n) is 14.7. The second-order valence-corrected chi connectivity index (χ2v) is 7.66. The molecular weight excluding hydrogens is 376 g/mol. The van der Waals surface area contributed by atoms with Gasteiger partial charge < -0.3 is 14.7 Å². The number of nitro benzene ring substituents is 1. The highest BCUT2D eigenvalue weighted by atomic mass is 32.2. The molecule has 9 nitrogen and oxygen atoms in total. The van der Waals surface area contributed by atoms with Gasteiger partial charge in [0.25, 0.3) is 5.69 Å². The maximum atomic E-state index is 12.4. The molecule has 2 atom stereocenters. The highest BCUT2D eigenvalue weighted by Crippen LogP contribution is 2.31. The van der Waals surface area contributed by atoms with Crippen molar-refractivity contribution in [1.82, 2.24) is 4.90 Å². The number of aliphatic carboxylic acids is 1. The number of carbonyl (C=O) groups excluding carboxylic acids is 2. The third-order valence-corrected chi connectivity index (χ3v) is 5.15. The Balaban J connectivity index is 1.96. The van der Waals surface area contributed by atoms with Crippen LogP contribution in [-0.2, 0) is 20.9 Å². The van der Waals surface area contributed by atoms with E-state index in [1.165, 1.54) is 36.1 Å². The molecule has 1 aromatic carbocycles. The first-order valence-electron chi connectivity index (χ1n) is 8.32. The molecule has 10 heteroatoms. The molecule has 0 bridgehead atoms. The minimum Gasteiger partial charge on any atom is -0.481 e. The molecule has 1 aliphatic heterocycles. The summed E-state index contributed by atoms with van der Waals surface area (Å²) in [6.45, 7) is 1.71. The Bertz CT molecular complexity index is 722. The number of hydrogen-bond acceptors (Lipinski definition) is 7. The number of likely N-dealkylation sites (tertiary alicyclic amines) is 1. The molecule has 0 unspecified atom stereocenters. The molecule has 1 aliphatic rings. The Morgan fingerprint density at radius 1 is 1.33 bits per heavy atom. The third-order valence-electron chi connectivity index (χ3n) is 4.14. The molecule has 1 aromatic rings. The standard InChI is InChI=1S/C17H20N2O7S/c1-11(20)27-15-8-14(6-7-16(21)22)18(9-15)17(23)26-10-12-2-4-13(5-3-12)19(24)25/h2-5,14-15H,6-10H2,1H3,(H,21,22)/t14-,15+/m1/s1. The molecule has 0 spiro atoms. The number of carboxylic acid groups (broad SMARTS) is 1. The van der Waals surface area contributed by atoms with Crippen LogP contribution in [0.1, 0.15) is 31.7 Å². The smallest absolute Gasteiger partial charge is 0.410 e. The van der Waals surface area contributed by atoms with Gasteiger partial charge in [-0.05, 0) is 30.5 Å². The summed E-state index contributed by atoms with van der Waals surface area (Å²) in [4.78, 5) is 46.2. The average Bonchev–Trinajstić information content (AvgIpc) is 3.00. The lowest BCUT2D eigenvalue weighted by atomic mass is 10.1. The number of carbonyl (C=O) groups is 3. The quantitative estimate of drug-likeness (QED) is 0.550. The number of nitrogens with zero attached hydrogens (tertiary/aromatic N) is 2. The van der Waals surface area contributed by atoms with E-state index in [1.54, 1.807) is 0 Å². The Hall–Kier alpha value is -2.62. The first-order chi connectivity index (χ1) is 12.8. The van der Waals surface area contributed by atoms with E-state index in [0.29, 0.717) is 18.5 Å². The number of carboxylic acids is 1. The zero-order valence-corrected chi connectivity index (χ0v) is 15.5. The molecule has 0 radical (unpaired) electrons. The predicted molar refractivity (Wildman–Crippen MR) is 97.3 cm³/mol. The normalized spacial score (nSPS) is 18.9. The van der Waals surface area contributed by atoms with Gasteiger partial charge >= 0.3 is 12.1 Å². The van der Waals surface area contributed by atoms with Crippen molar-refractivity contribution >= 4 is 34.6 Å². The third kappa shape index (κ3) is 6.24. The number of benzene rings is 1. The summed E-state index contributed by atoms with van der Waals surface area (Å²) in [6, 6.07) is 5.36. The van der Waals surface area contributed by atoms with E-state index in [0.717, 1.165) is 11.8 Å².